The first-order chi connectivity index (χ1) is 10.3. The number of aromatic nitrogens is 2. The van der Waals surface area contributed by atoms with Gasteiger partial charge in [-0.05, 0) is 43.5 Å². The van der Waals surface area contributed by atoms with Gasteiger partial charge in [0.15, 0.2) is 0 Å². The van der Waals surface area contributed by atoms with Gasteiger partial charge in [0.05, 0.1) is 11.4 Å². The fraction of sp³-hybridized carbons (Fsp3) is 0.471. The van der Waals surface area contributed by atoms with Crippen molar-refractivity contribution in [2.75, 3.05) is 11.9 Å². The van der Waals surface area contributed by atoms with Crippen LogP contribution in [0.4, 0.5) is 5.82 Å². The molecular formula is C17H20BrN3. The second kappa shape index (κ2) is 5.48. The molecule has 1 aromatic heterocycles. The Morgan fingerprint density at radius 3 is 2.62 bits per heavy atom. The van der Waals surface area contributed by atoms with Gasteiger partial charge in [0.1, 0.15) is 5.82 Å². The van der Waals surface area contributed by atoms with E-state index >= 15 is 0 Å². The monoisotopic (exact) mass is 345 g/mol. The van der Waals surface area contributed by atoms with Gasteiger partial charge in [0.25, 0.3) is 0 Å². The molecule has 0 bridgehead atoms. The van der Waals surface area contributed by atoms with E-state index in [1.54, 1.807) is 0 Å². The molecule has 0 radical (unpaired) electrons. The molecule has 0 amide bonds. The first kappa shape index (κ1) is 13.4. The van der Waals surface area contributed by atoms with E-state index in [0.717, 1.165) is 23.1 Å². The van der Waals surface area contributed by atoms with Crippen LogP contribution in [0.2, 0.25) is 0 Å². The minimum absolute atomic E-state index is 0.670. The summed E-state index contributed by atoms with van der Waals surface area (Å²) in [5.41, 5.74) is 3.97. The van der Waals surface area contributed by atoms with Gasteiger partial charge in [-0.2, -0.15) is 5.10 Å². The molecule has 3 nitrogen and oxygen atoms in total. The first-order valence-electron chi connectivity index (χ1n) is 7.94. The van der Waals surface area contributed by atoms with E-state index in [0.29, 0.717) is 5.92 Å². The van der Waals surface area contributed by atoms with Gasteiger partial charge >= 0.3 is 0 Å². The average Bonchev–Trinajstić information content (AvgIpc) is 3.11. The van der Waals surface area contributed by atoms with Crippen molar-refractivity contribution in [3.8, 4) is 5.69 Å². The molecule has 1 aliphatic heterocycles. The molecule has 0 atom stereocenters. The molecule has 1 saturated carbocycles. The lowest BCUT2D eigenvalue weighted by molar-refractivity contribution is 0.433. The molecule has 4 heteroatoms. The van der Waals surface area contributed by atoms with Crippen LogP contribution in [0.1, 0.15) is 49.3 Å². The van der Waals surface area contributed by atoms with Crippen LogP contribution >= 0.6 is 15.9 Å². The third-order valence-electron chi connectivity index (χ3n) is 4.75. The summed E-state index contributed by atoms with van der Waals surface area (Å²) in [6, 6.07) is 8.42. The Morgan fingerprint density at radius 2 is 1.86 bits per heavy atom. The zero-order valence-electron chi connectivity index (χ0n) is 12.1. The molecule has 2 aromatic rings. The average molecular weight is 346 g/mol. The molecule has 2 aliphatic rings. The van der Waals surface area contributed by atoms with Crippen LogP contribution in [0.5, 0.6) is 0 Å². The van der Waals surface area contributed by atoms with E-state index in [1.165, 1.54) is 49.2 Å². The van der Waals surface area contributed by atoms with E-state index in [-0.39, 0.29) is 0 Å². The molecule has 110 valence electrons. The summed E-state index contributed by atoms with van der Waals surface area (Å²) in [6.07, 6.45) is 7.85. The number of anilines is 1. The molecule has 4 rings (SSSR count). The van der Waals surface area contributed by atoms with Gasteiger partial charge in [0.2, 0.25) is 0 Å². The summed E-state index contributed by atoms with van der Waals surface area (Å²) >= 11 is 3.50. The fourth-order valence-corrected chi connectivity index (χ4v) is 3.94. The quantitative estimate of drug-likeness (QED) is 0.858. The molecule has 0 saturated heterocycles. The lowest BCUT2D eigenvalue weighted by Crippen LogP contribution is -2.09. The molecule has 1 aromatic carbocycles. The van der Waals surface area contributed by atoms with Crippen molar-refractivity contribution >= 4 is 21.7 Å². The van der Waals surface area contributed by atoms with Gasteiger partial charge in [0, 0.05) is 22.5 Å². The molecule has 21 heavy (non-hydrogen) atoms. The van der Waals surface area contributed by atoms with Crippen LogP contribution in [-0.2, 0) is 6.42 Å². The van der Waals surface area contributed by atoms with E-state index in [4.69, 9.17) is 5.10 Å². The smallest absolute Gasteiger partial charge is 0.133 e. The van der Waals surface area contributed by atoms with Crippen molar-refractivity contribution in [1.29, 1.82) is 0 Å². The van der Waals surface area contributed by atoms with Gasteiger partial charge in [-0.25, -0.2) is 4.68 Å². The lowest BCUT2D eigenvalue weighted by atomic mass is 9.85. The second-order valence-corrected chi connectivity index (χ2v) is 7.03. The number of rotatable bonds is 2. The van der Waals surface area contributed by atoms with E-state index in [2.05, 4.69) is 50.2 Å². The second-order valence-electron chi connectivity index (χ2n) is 6.11. The van der Waals surface area contributed by atoms with Crippen molar-refractivity contribution in [2.24, 2.45) is 0 Å². The summed E-state index contributed by atoms with van der Waals surface area (Å²) in [7, 11) is 0. The zero-order valence-corrected chi connectivity index (χ0v) is 13.7. The Kier molecular flexibility index (Phi) is 3.49. The summed E-state index contributed by atoms with van der Waals surface area (Å²) in [4.78, 5) is 0. The normalized spacial score (nSPS) is 18.5. The predicted octanol–water partition coefficient (Wildman–Crippen LogP) is 4.65. The number of hydrogen-bond donors (Lipinski definition) is 1. The number of nitrogens with one attached hydrogen (secondary N) is 1. The van der Waals surface area contributed by atoms with Crippen LogP contribution in [0.15, 0.2) is 28.7 Å². The number of fused-ring (bicyclic) bond motifs is 1. The maximum absolute atomic E-state index is 4.99. The summed E-state index contributed by atoms with van der Waals surface area (Å²) in [5, 5.41) is 8.52. The molecule has 2 heterocycles. The molecule has 1 aliphatic carbocycles. The standard InChI is InChI=1S/C17H20BrN3/c18-13-6-8-14(9-7-13)21-17-15(10-11-19-17)16(20-21)12-4-2-1-3-5-12/h6-9,12,19H,1-5,10-11H2. The highest BCUT2D eigenvalue weighted by atomic mass is 79.9. The van der Waals surface area contributed by atoms with Crippen LogP contribution in [0, 0.1) is 0 Å². The predicted molar refractivity (Wildman–Crippen MR) is 89.3 cm³/mol. The molecule has 0 spiro atoms. The lowest BCUT2D eigenvalue weighted by Gasteiger charge is -2.20. The zero-order chi connectivity index (χ0) is 14.2. The Morgan fingerprint density at radius 1 is 1.10 bits per heavy atom. The van der Waals surface area contributed by atoms with Crippen LogP contribution in [-0.4, -0.2) is 16.3 Å². The number of hydrogen-bond acceptors (Lipinski definition) is 2. The maximum atomic E-state index is 4.99. The van der Waals surface area contributed by atoms with Gasteiger partial charge in [-0.1, -0.05) is 35.2 Å². The van der Waals surface area contributed by atoms with Crippen molar-refractivity contribution in [3.05, 3.63) is 40.0 Å². The van der Waals surface area contributed by atoms with Gasteiger partial charge in [-0.3, -0.25) is 0 Å². The number of halogens is 1. The van der Waals surface area contributed by atoms with Crippen molar-refractivity contribution in [1.82, 2.24) is 9.78 Å². The summed E-state index contributed by atoms with van der Waals surface area (Å²) < 4.78 is 3.22. The Bertz CT molecular complexity index is 639. The highest BCUT2D eigenvalue weighted by molar-refractivity contribution is 9.10. The fourth-order valence-electron chi connectivity index (χ4n) is 3.67. The van der Waals surface area contributed by atoms with Gasteiger partial charge in [-0.15, -0.1) is 0 Å². The van der Waals surface area contributed by atoms with E-state index in [9.17, 15) is 0 Å². The highest BCUT2D eigenvalue weighted by Gasteiger charge is 2.28. The molecule has 1 fully saturated rings. The maximum Gasteiger partial charge on any atom is 0.133 e. The third kappa shape index (κ3) is 2.39. The van der Waals surface area contributed by atoms with Gasteiger partial charge < -0.3 is 5.32 Å². The third-order valence-corrected chi connectivity index (χ3v) is 5.27. The van der Waals surface area contributed by atoms with Crippen molar-refractivity contribution in [2.45, 2.75) is 44.4 Å². The van der Waals surface area contributed by atoms with E-state index < -0.39 is 0 Å². The Labute approximate surface area is 133 Å². The topological polar surface area (TPSA) is 29.9 Å². The minimum atomic E-state index is 0.670. The van der Waals surface area contributed by atoms with Crippen LogP contribution in [0.25, 0.3) is 5.69 Å². The molecule has 1 N–H and O–H groups in total. The van der Waals surface area contributed by atoms with Crippen molar-refractivity contribution in [3.63, 3.8) is 0 Å². The molecule has 0 unspecified atom stereocenters. The summed E-state index contributed by atoms with van der Waals surface area (Å²) in [6.45, 7) is 1.05. The highest BCUT2D eigenvalue weighted by Crippen LogP contribution is 2.38. The largest absolute Gasteiger partial charge is 0.369 e. The number of nitrogens with zero attached hydrogens (tertiary/aromatic N) is 2. The first-order valence-corrected chi connectivity index (χ1v) is 8.74. The van der Waals surface area contributed by atoms with E-state index in [1.807, 2.05) is 0 Å². The minimum Gasteiger partial charge on any atom is -0.369 e. The SMILES string of the molecule is Brc1ccc(-n2nc(C3CCCCC3)c3c2NCC3)cc1. The Balaban J connectivity index is 1.76. The van der Waals surface area contributed by atoms with Crippen molar-refractivity contribution < 1.29 is 0 Å². The molecular weight excluding hydrogens is 326 g/mol. The van der Waals surface area contributed by atoms with Crippen LogP contribution < -0.4 is 5.32 Å². The number of benzene rings is 1. The van der Waals surface area contributed by atoms with Crippen LogP contribution in [0.3, 0.4) is 0 Å². The Hall–Kier alpha value is -1.29. The summed E-state index contributed by atoms with van der Waals surface area (Å²) in [5.74, 6) is 1.89.